The number of rotatable bonds is 3. The number of hydrogen-bond donors (Lipinski definition) is 0. The molecule has 1 aliphatic rings. The molecule has 0 atom stereocenters. The summed E-state index contributed by atoms with van der Waals surface area (Å²) >= 11 is 5.97. The Morgan fingerprint density at radius 2 is 1.61 bits per heavy atom. The van der Waals surface area contributed by atoms with E-state index in [1.54, 1.807) is 0 Å². The minimum absolute atomic E-state index is 0.0307. The first-order chi connectivity index (χ1) is 14.8. The van der Waals surface area contributed by atoms with Crippen LogP contribution >= 0.6 is 11.6 Å². The maximum absolute atomic E-state index is 13.5. The standard InChI is InChI=1S/C21H17ClF2N4O3/c22-17-10-14(24)1-3-15(17)20(30)27-7-5-26(6-8-27)19(29)11-28-12-25-18-4-2-13(23)9-16(18)21(28)31/h1-4,9-10,12H,5-8,11H2. The number of halogens is 3. The monoisotopic (exact) mass is 446 g/mol. The van der Waals surface area contributed by atoms with Crippen LogP contribution in [0.15, 0.2) is 47.5 Å². The third-order valence-electron chi connectivity index (χ3n) is 5.17. The molecular formula is C21H17ClF2N4O3. The van der Waals surface area contributed by atoms with E-state index in [1.807, 2.05) is 0 Å². The lowest BCUT2D eigenvalue weighted by molar-refractivity contribution is -0.133. The molecule has 10 heteroatoms. The van der Waals surface area contributed by atoms with Crippen LogP contribution in [0.5, 0.6) is 0 Å². The normalized spacial score (nSPS) is 14.2. The van der Waals surface area contributed by atoms with Crippen molar-refractivity contribution >= 4 is 34.3 Å². The molecule has 31 heavy (non-hydrogen) atoms. The second-order valence-electron chi connectivity index (χ2n) is 7.14. The Morgan fingerprint density at radius 3 is 2.32 bits per heavy atom. The van der Waals surface area contributed by atoms with Crippen LogP contribution in [0.2, 0.25) is 5.02 Å². The number of fused-ring (bicyclic) bond motifs is 1. The Morgan fingerprint density at radius 1 is 0.968 bits per heavy atom. The number of amides is 2. The lowest BCUT2D eigenvalue weighted by atomic mass is 10.1. The summed E-state index contributed by atoms with van der Waals surface area (Å²) in [5.74, 6) is -1.74. The van der Waals surface area contributed by atoms with E-state index >= 15 is 0 Å². The Hall–Kier alpha value is -3.33. The van der Waals surface area contributed by atoms with Gasteiger partial charge in [-0.3, -0.25) is 19.0 Å². The molecule has 0 bridgehead atoms. The molecule has 3 aromatic rings. The summed E-state index contributed by atoms with van der Waals surface area (Å²) in [5, 5.41) is 0.130. The van der Waals surface area contributed by atoms with Crippen LogP contribution < -0.4 is 5.56 Å². The largest absolute Gasteiger partial charge is 0.338 e. The summed E-state index contributed by atoms with van der Waals surface area (Å²) in [6.07, 6.45) is 1.26. The average Bonchev–Trinajstić information content (AvgIpc) is 2.76. The number of piperazine rings is 1. The van der Waals surface area contributed by atoms with E-state index in [1.165, 1.54) is 40.4 Å². The topological polar surface area (TPSA) is 75.5 Å². The first-order valence-corrected chi connectivity index (χ1v) is 9.88. The third kappa shape index (κ3) is 4.27. The second-order valence-corrected chi connectivity index (χ2v) is 7.54. The van der Waals surface area contributed by atoms with E-state index in [2.05, 4.69) is 4.98 Å². The number of carbonyl (C=O) groups excluding carboxylic acids is 2. The molecule has 1 aromatic heterocycles. The van der Waals surface area contributed by atoms with Gasteiger partial charge in [-0.1, -0.05) is 11.6 Å². The molecule has 0 radical (unpaired) electrons. The predicted molar refractivity (Wildman–Crippen MR) is 110 cm³/mol. The molecule has 1 saturated heterocycles. The average molecular weight is 447 g/mol. The smallest absolute Gasteiger partial charge is 0.261 e. The lowest BCUT2D eigenvalue weighted by Gasteiger charge is -2.35. The van der Waals surface area contributed by atoms with Crippen molar-refractivity contribution in [2.24, 2.45) is 0 Å². The van der Waals surface area contributed by atoms with Crippen molar-refractivity contribution in [3.63, 3.8) is 0 Å². The van der Waals surface area contributed by atoms with Crippen LogP contribution in [-0.2, 0) is 11.3 Å². The molecule has 160 valence electrons. The molecule has 0 unspecified atom stereocenters. The van der Waals surface area contributed by atoms with Gasteiger partial charge in [0.15, 0.2) is 0 Å². The molecule has 0 N–H and O–H groups in total. The van der Waals surface area contributed by atoms with Crippen LogP contribution in [0, 0.1) is 11.6 Å². The van der Waals surface area contributed by atoms with Crippen LogP contribution in [0.4, 0.5) is 8.78 Å². The molecule has 7 nitrogen and oxygen atoms in total. The van der Waals surface area contributed by atoms with Crippen molar-refractivity contribution < 1.29 is 18.4 Å². The maximum Gasteiger partial charge on any atom is 0.261 e. The van der Waals surface area contributed by atoms with E-state index < -0.39 is 17.2 Å². The Bertz CT molecular complexity index is 1240. The van der Waals surface area contributed by atoms with Gasteiger partial charge in [0.1, 0.15) is 18.2 Å². The van der Waals surface area contributed by atoms with Crippen LogP contribution in [0.3, 0.4) is 0 Å². The van der Waals surface area contributed by atoms with Gasteiger partial charge in [-0.05, 0) is 36.4 Å². The molecule has 0 spiro atoms. The fraction of sp³-hybridized carbons (Fsp3) is 0.238. The Balaban J connectivity index is 1.42. The number of benzene rings is 2. The number of carbonyl (C=O) groups is 2. The highest BCUT2D eigenvalue weighted by molar-refractivity contribution is 6.33. The minimum atomic E-state index is -0.558. The van der Waals surface area contributed by atoms with Gasteiger partial charge in [-0.25, -0.2) is 13.8 Å². The molecule has 2 aromatic carbocycles. The first-order valence-electron chi connectivity index (χ1n) is 9.50. The minimum Gasteiger partial charge on any atom is -0.338 e. The quantitative estimate of drug-likeness (QED) is 0.618. The molecule has 1 aliphatic heterocycles. The fourth-order valence-corrected chi connectivity index (χ4v) is 3.73. The number of nitrogens with zero attached hydrogens (tertiary/aromatic N) is 4. The molecular weight excluding hydrogens is 430 g/mol. The van der Waals surface area contributed by atoms with E-state index in [4.69, 9.17) is 11.6 Å². The number of hydrogen-bond acceptors (Lipinski definition) is 4. The highest BCUT2D eigenvalue weighted by Gasteiger charge is 2.26. The van der Waals surface area contributed by atoms with Gasteiger partial charge in [0.05, 0.1) is 27.8 Å². The molecule has 2 amide bonds. The molecule has 2 heterocycles. The van der Waals surface area contributed by atoms with Crippen molar-refractivity contribution in [1.82, 2.24) is 19.4 Å². The molecule has 0 saturated carbocycles. The summed E-state index contributed by atoms with van der Waals surface area (Å²) in [6.45, 7) is 0.848. The maximum atomic E-state index is 13.5. The molecule has 0 aliphatic carbocycles. The SMILES string of the molecule is O=C(Cn1cnc2ccc(F)cc2c1=O)N1CCN(C(=O)c2ccc(F)cc2Cl)CC1. The van der Waals surface area contributed by atoms with E-state index in [9.17, 15) is 23.2 Å². The summed E-state index contributed by atoms with van der Waals surface area (Å²) in [7, 11) is 0. The van der Waals surface area contributed by atoms with Crippen molar-refractivity contribution in [2.75, 3.05) is 26.2 Å². The van der Waals surface area contributed by atoms with E-state index in [0.29, 0.717) is 5.52 Å². The first kappa shape index (κ1) is 20.9. The predicted octanol–water partition coefficient (Wildman–Crippen LogP) is 2.31. The van der Waals surface area contributed by atoms with Gasteiger partial charge < -0.3 is 9.80 Å². The zero-order chi connectivity index (χ0) is 22.1. The van der Waals surface area contributed by atoms with Gasteiger partial charge in [-0.2, -0.15) is 0 Å². The summed E-state index contributed by atoms with van der Waals surface area (Å²) in [5.41, 5.74) is 0.0446. The zero-order valence-corrected chi connectivity index (χ0v) is 17.0. The zero-order valence-electron chi connectivity index (χ0n) is 16.2. The van der Waals surface area contributed by atoms with Crippen molar-refractivity contribution in [2.45, 2.75) is 6.54 Å². The molecule has 4 rings (SSSR count). The Labute approximate surface area is 180 Å². The fourth-order valence-electron chi connectivity index (χ4n) is 3.48. The van der Waals surface area contributed by atoms with Gasteiger partial charge >= 0.3 is 0 Å². The van der Waals surface area contributed by atoms with Crippen molar-refractivity contribution in [3.05, 3.63) is 75.3 Å². The summed E-state index contributed by atoms with van der Waals surface area (Å²) < 4.78 is 27.8. The highest BCUT2D eigenvalue weighted by Crippen LogP contribution is 2.20. The summed E-state index contributed by atoms with van der Waals surface area (Å²) in [4.78, 5) is 45.0. The van der Waals surface area contributed by atoms with Crippen LogP contribution in [0.25, 0.3) is 10.9 Å². The Kier molecular flexibility index (Phi) is 5.69. The van der Waals surface area contributed by atoms with Crippen molar-refractivity contribution in [3.8, 4) is 0 Å². The summed E-state index contributed by atoms with van der Waals surface area (Å²) in [6, 6.07) is 7.29. The third-order valence-corrected chi connectivity index (χ3v) is 5.49. The van der Waals surface area contributed by atoms with Crippen LogP contribution in [0.1, 0.15) is 10.4 Å². The van der Waals surface area contributed by atoms with E-state index in [0.717, 1.165) is 16.7 Å². The highest BCUT2D eigenvalue weighted by atomic mass is 35.5. The van der Waals surface area contributed by atoms with Gasteiger partial charge in [0.25, 0.3) is 11.5 Å². The second kappa shape index (κ2) is 8.43. The van der Waals surface area contributed by atoms with E-state index in [-0.39, 0.29) is 60.5 Å². The van der Waals surface area contributed by atoms with Gasteiger partial charge in [0, 0.05) is 26.2 Å². The lowest BCUT2D eigenvalue weighted by Crippen LogP contribution is -2.51. The van der Waals surface area contributed by atoms with Crippen molar-refractivity contribution in [1.29, 1.82) is 0 Å². The van der Waals surface area contributed by atoms with Gasteiger partial charge in [0.2, 0.25) is 5.91 Å². The number of aromatic nitrogens is 2. The van der Waals surface area contributed by atoms with Gasteiger partial charge in [-0.15, -0.1) is 0 Å². The van der Waals surface area contributed by atoms with Crippen LogP contribution in [-0.4, -0.2) is 57.3 Å². The molecule has 1 fully saturated rings.